The summed E-state index contributed by atoms with van der Waals surface area (Å²) in [6, 6.07) is 0. The lowest BCUT2D eigenvalue weighted by Crippen LogP contribution is -2.64. The summed E-state index contributed by atoms with van der Waals surface area (Å²) in [6.07, 6.45) is 4.17. The van der Waals surface area contributed by atoms with E-state index in [4.69, 9.17) is 9.68 Å². The first kappa shape index (κ1) is 33.0. The third-order valence-electron chi connectivity index (χ3n) is 8.60. The van der Waals surface area contributed by atoms with E-state index in [9.17, 15) is 29.4 Å². The first-order chi connectivity index (χ1) is 17.6. The maximum absolute atomic E-state index is 12.7. The van der Waals surface area contributed by atoms with Crippen LogP contribution in [0.4, 0.5) is 0 Å². The van der Waals surface area contributed by atoms with Crippen molar-refractivity contribution in [2.45, 2.75) is 143 Å². The van der Waals surface area contributed by atoms with Crippen molar-refractivity contribution in [1.29, 1.82) is 0 Å². The fraction of sp³-hybridized carbons (Fsp3) is 0.862. The molecule has 0 saturated carbocycles. The summed E-state index contributed by atoms with van der Waals surface area (Å²) in [6.45, 7) is 18.3. The number of carboxylic acids is 2. The summed E-state index contributed by atoms with van der Waals surface area (Å²) in [4.78, 5) is 59.9. The van der Waals surface area contributed by atoms with Crippen molar-refractivity contribution in [3.63, 3.8) is 0 Å². The van der Waals surface area contributed by atoms with Gasteiger partial charge in [-0.15, -0.1) is 10.1 Å². The Labute approximate surface area is 233 Å². The highest BCUT2D eigenvalue weighted by Crippen LogP contribution is 2.51. The lowest BCUT2D eigenvalue weighted by Gasteiger charge is -2.55. The minimum Gasteiger partial charge on any atom is -0.480 e. The average Bonchev–Trinajstić information content (AvgIpc) is 2.71. The molecule has 0 bridgehead atoms. The number of hydrogen-bond acceptors (Lipinski definition) is 8. The molecule has 0 amide bonds. The molecule has 2 heterocycles. The number of unbranched alkanes of at least 4 members (excludes halogenated alkanes) is 1. The molecule has 0 unspecified atom stereocenters. The summed E-state index contributed by atoms with van der Waals surface area (Å²) in [5.41, 5.74) is -4.16. The molecule has 2 N–H and O–H groups in total. The Kier molecular flexibility index (Phi) is 9.61. The summed E-state index contributed by atoms with van der Waals surface area (Å²) >= 11 is 0. The molecule has 224 valence electrons. The van der Waals surface area contributed by atoms with Crippen LogP contribution < -0.4 is 0 Å². The van der Waals surface area contributed by atoms with Gasteiger partial charge in [-0.3, -0.25) is 19.2 Å². The molecule has 2 saturated heterocycles. The highest BCUT2D eigenvalue weighted by Gasteiger charge is 2.60. The molecule has 2 fully saturated rings. The van der Waals surface area contributed by atoms with Crippen LogP contribution in [0.2, 0.25) is 0 Å². The molecule has 2 aliphatic heterocycles. The van der Waals surface area contributed by atoms with Crippen molar-refractivity contribution in [2.75, 3.05) is 0 Å². The van der Waals surface area contributed by atoms with Crippen molar-refractivity contribution in [3.8, 4) is 0 Å². The summed E-state index contributed by atoms with van der Waals surface area (Å²) in [7, 11) is 0. The van der Waals surface area contributed by atoms with Gasteiger partial charge < -0.3 is 19.9 Å². The van der Waals surface area contributed by atoms with Gasteiger partial charge >= 0.3 is 23.9 Å². The third kappa shape index (κ3) is 7.12. The molecule has 0 aromatic heterocycles. The molecule has 0 spiro atoms. The van der Waals surface area contributed by atoms with E-state index in [1.54, 1.807) is 10.1 Å². The van der Waals surface area contributed by atoms with Crippen LogP contribution in [0.25, 0.3) is 0 Å². The van der Waals surface area contributed by atoms with Crippen molar-refractivity contribution < 1.29 is 39.1 Å². The van der Waals surface area contributed by atoms with Crippen LogP contribution in [-0.2, 0) is 28.9 Å². The number of carbonyl (C=O) groups is 4. The van der Waals surface area contributed by atoms with Crippen molar-refractivity contribution >= 4 is 23.9 Å². The minimum absolute atomic E-state index is 0.0289. The van der Waals surface area contributed by atoms with Gasteiger partial charge in [0.05, 0.1) is 22.2 Å². The van der Waals surface area contributed by atoms with E-state index < -0.39 is 40.3 Å². The zero-order valence-corrected chi connectivity index (χ0v) is 25.5. The molecule has 0 aromatic carbocycles. The molecular weight excluding hydrogens is 504 g/mol. The molecule has 0 aromatic rings. The minimum atomic E-state index is -1.94. The van der Waals surface area contributed by atoms with Gasteiger partial charge in [0.15, 0.2) is 5.41 Å². The van der Waals surface area contributed by atoms with E-state index in [2.05, 4.69) is 27.7 Å². The van der Waals surface area contributed by atoms with Gasteiger partial charge in [-0.1, -0.05) is 19.3 Å². The van der Waals surface area contributed by atoms with Crippen molar-refractivity contribution in [2.24, 2.45) is 17.3 Å². The van der Waals surface area contributed by atoms with Gasteiger partial charge in [-0.2, -0.15) is 0 Å². The van der Waals surface area contributed by atoms with E-state index in [1.807, 2.05) is 27.7 Å². The SMILES string of the molecule is CC(=O)ON1C(C)(C)CC(CCCCC(C(=O)O)(C(=O)O)C2CC(C)(C)N(OC(C)=O)C(C)(C)C2)CC1(C)C. The molecule has 0 aliphatic carbocycles. The Morgan fingerprint density at radius 2 is 1.05 bits per heavy atom. The number of hydrogen-bond donors (Lipinski definition) is 2. The quantitative estimate of drug-likeness (QED) is 0.274. The smallest absolute Gasteiger partial charge is 0.322 e. The molecule has 39 heavy (non-hydrogen) atoms. The van der Waals surface area contributed by atoms with E-state index in [-0.39, 0.29) is 36.3 Å². The number of aliphatic carboxylic acids is 2. The Balaban J connectivity index is 2.18. The predicted octanol–water partition coefficient (Wildman–Crippen LogP) is 5.20. The van der Waals surface area contributed by atoms with E-state index in [0.29, 0.717) is 18.8 Å². The van der Waals surface area contributed by atoms with Gasteiger partial charge in [-0.05, 0) is 99.3 Å². The number of hydroxylamine groups is 4. The number of nitrogens with zero attached hydrogens (tertiary/aromatic N) is 2. The molecule has 0 atom stereocenters. The number of piperidine rings is 2. The standard InChI is InChI=1S/C29H50N2O8/c1-19(32)38-30-25(3,4)15-21(16-26(30,5)6)13-11-12-14-29(23(34)35,24(36)37)22-17-27(7,8)31(39-20(2)33)28(9,10)18-22/h21-22H,11-18H2,1-10H3,(H,34,35)(H,36,37). The van der Waals surface area contributed by atoms with Crippen LogP contribution in [0, 0.1) is 17.3 Å². The summed E-state index contributed by atoms with van der Waals surface area (Å²) < 4.78 is 0. The maximum Gasteiger partial charge on any atom is 0.322 e. The van der Waals surface area contributed by atoms with Gasteiger partial charge in [0, 0.05) is 13.8 Å². The van der Waals surface area contributed by atoms with Crippen LogP contribution in [0.3, 0.4) is 0 Å². The molecule has 10 nitrogen and oxygen atoms in total. The number of carboxylic acid groups (broad SMARTS) is 2. The zero-order chi connectivity index (χ0) is 30.2. The first-order valence-electron chi connectivity index (χ1n) is 14.0. The largest absolute Gasteiger partial charge is 0.480 e. The first-order valence-corrected chi connectivity index (χ1v) is 14.0. The monoisotopic (exact) mass is 554 g/mol. The van der Waals surface area contributed by atoms with Crippen molar-refractivity contribution in [3.05, 3.63) is 0 Å². The Hall–Kier alpha value is -2.20. The molecule has 2 rings (SSSR count). The lowest BCUT2D eigenvalue weighted by molar-refractivity contribution is -0.275. The van der Waals surface area contributed by atoms with Gasteiger partial charge in [0.2, 0.25) is 0 Å². The maximum atomic E-state index is 12.7. The molecule has 2 aliphatic rings. The second-order valence-electron chi connectivity index (χ2n) is 14.2. The van der Waals surface area contributed by atoms with E-state index in [0.717, 1.165) is 19.3 Å². The van der Waals surface area contributed by atoms with Crippen LogP contribution >= 0.6 is 0 Å². The summed E-state index contributed by atoms with van der Waals surface area (Å²) in [5.74, 6) is -3.76. The highest BCUT2D eigenvalue weighted by molar-refractivity contribution is 5.98. The van der Waals surface area contributed by atoms with Gasteiger partial charge in [0.25, 0.3) is 0 Å². The lowest BCUT2D eigenvalue weighted by atomic mass is 9.61. The fourth-order valence-corrected chi connectivity index (χ4v) is 7.73. The van der Waals surface area contributed by atoms with Crippen LogP contribution in [-0.4, -0.2) is 66.4 Å². The third-order valence-corrected chi connectivity index (χ3v) is 8.60. The predicted molar refractivity (Wildman–Crippen MR) is 145 cm³/mol. The number of rotatable bonds is 10. The second-order valence-corrected chi connectivity index (χ2v) is 14.2. The molecule has 0 radical (unpaired) electrons. The van der Waals surface area contributed by atoms with E-state index in [1.165, 1.54) is 13.8 Å². The second kappa shape index (κ2) is 11.4. The fourth-order valence-electron chi connectivity index (χ4n) is 7.73. The average molecular weight is 555 g/mol. The molecular formula is C29H50N2O8. The van der Waals surface area contributed by atoms with Crippen LogP contribution in [0.15, 0.2) is 0 Å². The summed E-state index contributed by atoms with van der Waals surface area (Å²) in [5, 5.41) is 24.1. The van der Waals surface area contributed by atoms with Crippen molar-refractivity contribution in [1.82, 2.24) is 10.1 Å². The van der Waals surface area contributed by atoms with Gasteiger partial charge in [0.1, 0.15) is 0 Å². The Bertz CT molecular complexity index is 905. The molecule has 10 heteroatoms. The van der Waals surface area contributed by atoms with E-state index >= 15 is 0 Å². The number of carbonyl (C=O) groups excluding carboxylic acids is 2. The Morgan fingerprint density at radius 1 is 0.692 bits per heavy atom. The van der Waals surface area contributed by atoms with Crippen LogP contribution in [0.1, 0.15) is 121 Å². The Morgan fingerprint density at radius 3 is 1.38 bits per heavy atom. The normalized spacial score (nSPS) is 23.6. The highest BCUT2D eigenvalue weighted by atomic mass is 16.7. The van der Waals surface area contributed by atoms with Crippen LogP contribution in [0.5, 0.6) is 0 Å². The topological polar surface area (TPSA) is 134 Å². The van der Waals surface area contributed by atoms with Gasteiger partial charge in [-0.25, -0.2) is 0 Å². The zero-order valence-electron chi connectivity index (χ0n) is 25.5.